The van der Waals surface area contributed by atoms with Gasteiger partial charge in [-0.05, 0) is 64.2 Å². The van der Waals surface area contributed by atoms with E-state index in [9.17, 15) is 0 Å². The van der Waals surface area contributed by atoms with Crippen LogP contribution < -0.4 is 5.32 Å². The molecule has 15 heavy (non-hydrogen) atoms. The van der Waals surface area contributed by atoms with E-state index in [2.05, 4.69) is 17.1 Å². The first-order valence-electron chi connectivity index (χ1n) is 6.86. The second-order valence-corrected chi connectivity index (χ2v) is 5.21. The Kier molecular flexibility index (Phi) is 4.45. The number of hydrogen-bond donors (Lipinski definition) is 1. The highest BCUT2D eigenvalue weighted by molar-refractivity contribution is 4.87. The number of nitrogens with one attached hydrogen (secondary N) is 1. The van der Waals surface area contributed by atoms with Gasteiger partial charge in [-0.2, -0.15) is 0 Å². The lowest BCUT2D eigenvalue weighted by molar-refractivity contribution is 0.0596. The van der Waals surface area contributed by atoms with Crippen LogP contribution in [0.25, 0.3) is 0 Å². The average molecular weight is 210 g/mol. The molecule has 0 radical (unpaired) electrons. The second kappa shape index (κ2) is 5.86. The summed E-state index contributed by atoms with van der Waals surface area (Å²) in [7, 11) is 0. The van der Waals surface area contributed by atoms with Gasteiger partial charge in [0.2, 0.25) is 0 Å². The minimum atomic E-state index is 0.914. The standard InChI is InChI=1S/C13H26N2/c1-2-8-14-11-12-6-5-10-15-9-4-3-7-13(12)15/h12-14H,2-11H2,1H3/t12-,13+/m0/s1. The maximum absolute atomic E-state index is 3.61. The molecule has 2 heterocycles. The van der Waals surface area contributed by atoms with Gasteiger partial charge in [-0.1, -0.05) is 13.3 Å². The fourth-order valence-corrected chi connectivity index (χ4v) is 3.28. The Labute approximate surface area is 94.4 Å². The van der Waals surface area contributed by atoms with Gasteiger partial charge in [-0.3, -0.25) is 0 Å². The fraction of sp³-hybridized carbons (Fsp3) is 1.00. The van der Waals surface area contributed by atoms with Crippen molar-refractivity contribution in [2.24, 2.45) is 5.92 Å². The Hall–Kier alpha value is -0.0800. The molecular weight excluding hydrogens is 184 g/mol. The second-order valence-electron chi connectivity index (χ2n) is 5.21. The van der Waals surface area contributed by atoms with Crippen LogP contribution in [0, 0.1) is 5.92 Å². The van der Waals surface area contributed by atoms with Crippen LogP contribution in [-0.4, -0.2) is 37.1 Å². The molecule has 0 saturated carbocycles. The van der Waals surface area contributed by atoms with Crippen molar-refractivity contribution in [2.45, 2.75) is 51.5 Å². The van der Waals surface area contributed by atoms with Gasteiger partial charge in [0.25, 0.3) is 0 Å². The number of nitrogens with zero attached hydrogens (tertiary/aromatic N) is 1. The molecule has 0 spiro atoms. The van der Waals surface area contributed by atoms with Crippen LogP contribution in [0.15, 0.2) is 0 Å². The molecular formula is C13H26N2. The van der Waals surface area contributed by atoms with Crippen molar-refractivity contribution >= 4 is 0 Å². The summed E-state index contributed by atoms with van der Waals surface area (Å²) in [6.07, 6.45) is 8.50. The highest BCUT2D eigenvalue weighted by atomic mass is 15.2. The highest BCUT2D eigenvalue weighted by Crippen LogP contribution is 2.30. The van der Waals surface area contributed by atoms with Crippen LogP contribution in [0.2, 0.25) is 0 Å². The van der Waals surface area contributed by atoms with E-state index in [1.807, 2.05) is 0 Å². The molecule has 2 nitrogen and oxygen atoms in total. The Balaban J connectivity index is 1.81. The molecule has 2 rings (SSSR count). The molecule has 88 valence electrons. The van der Waals surface area contributed by atoms with Gasteiger partial charge >= 0.3 is 0 Å². The molecule has 2 fully saturated rings. The van der Waals surface area contributed by atoms with Crippen molar-refractivity contribution in [3.63, 3.8) is 0 Å². The van der Waals surface area contributed by atoms with Crippen LogP contribution in [-0.2, 0) is 0 Å². The predicted octanol–water partition coefficient (Wildman–Crippen LogP) is 2.25. The molecule has 2 saturated heterocycles. The summed E-state index contributed by atoms with van der Waals surface area (Å²) < 4.78 is 0. The van der Waals surface area contributed by atoms with Gasteiger partial charge in [0.1, 0.15) is 0 Å². The molecule has 2 heteroatoms. The zero-order valence-corrected chi connectivity index (χ0v) is 10.2. The van der Waals surface area contributed by atoms with E-state index in [-0.39, 0.29) is 0 Å². The van der Waals surface area contributed by atoms with Gasteiger partial charge < -0.3 is 10.2 Å². The summed E-state index contributed by atoms with van der Waals surface area (Å²) in [6, 6.07) is 0.914. The minimum Gasteiger partial charge on any atom is -0.316 e. The largest absolute Gasteiger partial charge is 0.316 e. The third kappa shape index (κ3) is 2.94. The quantitative estimate of drug-likeness (QED) is 0.716. The van der Waals surface area contributed by atoms with E-state index in [0.717, 1.165) is 12.0 Å². The van der Waals surface area contributed by atoms with Crippen molar-refractivity contribution in [3.05, 3.63) is 0 Å². The van der Waals surface area contributed by atoms with Crippen LogP contribution >= 0.6 is 0 Å². The van der Waals surface area contributed by atoms with Crippen molar-refractivity contribution in [1.82, 2.24) is 10.2 Å². The number of piperidine rings is 2. The minimum absolute atomic E-state index is 0.914. The van der Waals surface area contributed by atoms with Gasteiger partial charge in [-0.25, -0.2) is 0 Å². The maximum Gasteiger partial charge on any atom is 0.0136 e. The average Bonchev–Trinajstić information content (AvgIpc) is 2.30. The van der Waals surface area contributed by atoms with E-state index in [0.29, 0.717) is 0 Å². The Morgan fingerprint density at radius 1 is 1.13 bits per heavy atom. The SMILES string of the molecule is CCCNC[C@@H]1CCCN2CCCC[C@H]12. The van der Waals surface area contributed by atoms with E-state index < -0.39 is 0 Å². The van der Waals surface area contributed by atoms with E-state index in [4.69, 9.17) is 0 Å². The molecule has 2 atom stereocenters. The zero-order chi connectivity index (χ0) is 10.5. The van der Waals surface area contributed by atoms with Gasteiger partial charge in [0.05, 0.1) is 0 Å². The number of hydrogen-bond acceptors (Lipinski definition) is 2. The fourth-order valence-electron chi connectivity index (χ4n) is 3.28. The lowest BCUT2D eigenvalue weighted by Gasteiger charge is -2.44. The van der Waals surface area contributed by atoms with Gasteiger partial charge in [0, 0.05) is 6.04 Å². The van der Waals surface area contributed by atoms with E-state index in [1.165, 1.54) is 64.7 Å². The lowest BCUT2D eigenvalue weighted by atomic mass is 9.83. The molecule has 2 aliphatic rings. The van der Waals surface area contributed by atoms with Crippen LogP contribution in [0.5, 0.6) is 0 Å². The zero-order valence-electron chi connectivity index (χ0n) is 10.2. The molecule has 0 aromatic heterocycles. The summed E-state index contributed by atoms with van der Waals surface area (Å²) >= 11 is 0. The summed E-state index contributed by atoms with van der Waals surface area (Å²) in [5.41, 5.74) is 0. The molecule has 0 bridgehead atoms. The van der Waals surface area contributed by atoms with Crippen LogP contribution in [0.4, 0.5) is 0 Å². The molecule has 0 aromatic rings. The highest BCUT2D eigenvalue weighted by Gasteiger charge is 2.32. The molecule has 0 unspecified atom stereocenters. The Bertz CT molecular complexity index is 179. The van der Waals surface area contributed by atoms with Crippen molar-refractivity contribution < 1.29 is 0 Å². The predicted molar refractivity (Wildman–Crippen MR) is 65.1 cm³/mol. The molecule has 1 N–H and O–H groups in total. The molecule has 2 aliphatic heterocycles. The van der Waals surface area contributed by atoms with Crippen molar-refractivity contribution in [1.29, 1.82) is 0 Å². The van der Waals surface area contributed by atoms with E-state index >= 15 is 0 Å². The lowest BCUT2D eigenvalue weighted by Crippen LogP contribution is -2.50. The third-order valence-corrected chi connectivity index (χ3v) is 4.06. The molecule has 0 aromatic carbocycles. The Morgan fingerprint density at radius 3 is 2.87 bits per heavy atom. The monoisotopic (exact) mass is 210 g/mol. The summed E-state index contributed by atoms with van der Waals surface area (Å²) in [5.74, 6) is 0.936. The normalized spacial score (nSPS) is 32.6. The van der Waals surface area contributed by atoms with Crippen LogP contribution in [0.1, 0.15) is 45.4 Å². The number of fused-ring (bicyclic) bond motifs is 1. The van der Waals surface area contributed by atoms with Crippen molar-refractivity contribution in [3.8, 4) is 0 Å². The smallest absolute Gasteiger partial charge is 0.0136 e. The summed E-state index contributed by atoms with van der Waals surface area (Å²) in [4.78, 5) is 2.76. The summed E-state index contributed by atoms with van der Waals surface area (Å²) in [5, 5.41) is 3.61. The first kappa shape index (κ1) is 11.4. The maximum atomic E-state index is 3.61. The van der Waals surface area contributed by atoms with Crippen molar-refractivity contribution in [2.75, 3.05) is 26.2 Å². The van der Waals surface area contributed by atoms with Crippen LogP contribution in [0.3, 0.4) is 0 Å². The van der Waals surface area contributed by atoms with Gasteiger partial charge in [-0.15, -0.1) is 0 Å². The first-order chi connectivity index (χ1) is 7.42. The first-order valence-corrected chi connectivity index (χ1v) is 6.86. The Morgan fingerprint density at radius 2 is 2.00 bits per heavy atom. The third-order valence-electron chi connectivity index (χ3n) is 4.06. The number of rotatable bonds is 4. The molecule has 0 aliphatic carbocycles. The van der Waals surface area contributed by atoms with E-state index in [1.54, 1.807) is 0 Å². The summed E-state index contributed by atoms with van der Waals surface area (Å²) in [6.45, 7) is 7.45. The topological polar surface area (TPSA) is 15.3 Å². The molecule has 0 amide bonds. The van der Waals surface area contributed by atoms with Gasteiger partial charge in [0.15, 0.2) is 0 Å².